The molecule has 164 valence electrons. The first-order valence-corrected chi connectivity index (χ1v) is 9.97. The standard InChI is InChI=1S/C21H30N4O5/c1-4-11(2)17(22)19(27)25-18(12(3)26)20(28)24-16(21(29)30)9-13-10-23-15-8-6-5-7-14(13)15/h5-8,10-12,16-18,23,26H,4,9,22H2,1-3H3,(H,24,28)(H,25,27)(H,29,30)/t11-,12+,16-,17-,18-/m0/s1. The number of hydrogen-bond acceptors (Lipinski definition) is 5. The number of carboxylic acids is 1. The molecule has 2 aromatic rings. The third-order valence-electron chi connectivity index (χ3n) is 5.34. The lowest BCUT2D eigenvalue weighted by Gasteiger charge is -2.26. The quantitative estimate of drug-likeness (QED) is 0.330. The Morgan fingerprint density at radius 1 is 1.13 bits per heavy atom. The van der Waals surface area contributed by atoms with Crippen LogP contribution < -0.4 is 16.4 Å². The van der Waals surface area contributed by atoms with Crippen LogP contribution in [0.4, 0.5) is 0 Å². The molecule has 9 nitrogen and oxygen atoms in total. The highest BCUT2D eigenvalue weighted by atomic mass is 16.4. The van der Waals surface area contributed by atoms with Gasteiger partial charge in [0.25, 0.3) is 0 Å². The number of aliphatic hydroxyl groups excluding tert-OH is 1. The van der Waals surface area contributed by atoms with Crippen molar-refractivity contribution in [2.24, 2.45) is 11.7 Å². The van der Waals surface area contributed by atoms with Crippen molar-refractivity contribution in [1.29, 1.82) is 0 Å². The van der Waals surface area contributed by atoms with Gasteiger partial charge in [0.1, 0.15) is 12.1 Å². The molecule has 0 aliphatic rings. The molecule has 0 aliphatic heterocycles. The zero-order valence-corrected chi connectivity index (χ0v) is 17.4. The normalized spacial score (nSPS) is 16.3. The lowest BCUT2D eigenvalue weighted by atomic mass is 9.98. The molecule has 1 aromatic carbocycles. The van der Waals surface area contributed by atoms with Crippen LogP contribution in [0.2, 0.25) is 0 Å². The van der Waals surface area contributed by atoms with E-state index in [0.717, 1.165) is 16.5 Å². The molecule has 2 amide bonds. The number of aliphatic hydroxyl groups is 1. The van der Waals surface area contributed by atoms with E-state index in [2.05, 4.69) is 15.6 Å². The number of amides is 2. The molecule has 0 unspecified atom stereocenters. The van der Waals surface area contributed by atoms with E-state index in [4.69, 9.17) is 5.73 Å². The Morgan fingerprint density at radius 2 is 1.80 bits per heavy atom. The highest BCUT2D eigenvalue weighted by molar-refractivity contribution is 5.92. The van der Waals surface area contributed by atoms with Crippen LogP contribution in [0.3, 0.4) is 0 Å². The minimum Gasteiger partial charge on any atom is -0.480 e. The molecule has 0 saturated carbocycles. The molecule has 2 rings (SSSR count). The van der Waals surface area contributed by atoms with Gasteiger partial charge < -0.3 is 31.6 Å². The predicted octanol–water partition coefficient (Wildman–Crippen LogP) is 0.519. The highest BCUT2D eigenvalue weighted by Gasteiger charge is 2.32. The first-order chi connectivity index (χ1) is 14.1. The largest absolute Gasteiger partial charge is 0.480 e. The number of carbonyl (C=O) groups is 3. The van der Waals surface area contributed by atoms with Gasteiger partial charge in [0, 0.05) is 23.5 Å². The number of nitrogens with two attached hydrogens (primary N) is 1. The Morgan fingerprint density at radius 3 is 2.40 bits per heavy atom. The number of fused-ring (bicyclic) bond motifs is 1. The molecule has 9 heteroatoms. The number of aromatic amines is 1. The van der Waals surface area contributed by atoms with Gasteiger partial charge in [-0.2, -0.15) is 0 Å². The lowest BCUT2D eigenvalue weighted by Crippen LogP contribution is -2.59. The molecule has 0 bridgehead atoms. The maximum absolute atomic E-state index is 12.7. The van der Waals surface area contributed by atoms with Crippen LogP contribution in [-0.2, 0) is 20.8 Å². The average Bonchev–Trinajstić information content (AvgIpc) is 3.12. The summed E-state index contributed by atoms with van der Waals surface area (Å²) in [6.45, 7) is 5.04. The summed E-state index contributed by atoms with van der Waals surface area (Å²) in [5.41, 5.74) is 7.48. The molecule has 0 radical (unpaired) electrons. The van der Waals surface area contributed by atoms with Crippen molar-refractivity contribution in [1.82, 2.24) is 15.6 Å². The van der Waals surface area contributed by atoms with Crippen LogP contribution in [0, 0.1) is 5.92 Å². The monoisotopic (exact) mass is 418 g/mol. The molecular formula is C21H30N4O5. The second-order valence-electron chi connectivity index (χ2n) is 7.60. The van der Waals surface area contributed by atoms with E-state index in [9.17, 15) is 24.6 Å². The van der Waals surface area contributed by atoms with Gasteiger partial charge in [-0.15, -0.1) is 0 Å². The van der Waals surface area contributed by atoms with E-state index in [-0.39, 0.29) is 12.3 Å². The topological polar surface area (TPSA) is 158 Å². The number of rotatable bonds is 10. The number of carbonyl (C=O) groups excluding carboxylic acids is 2. The van der Waals surface area contributed by atoms with Crippen molar-refractivity contribution >= 4 is 28.7 Å². The number of benzene rings is 1. The molecule has 0 aliphatic carbocycles. The Balaban J connectivity index is 2.13. The minimum absolute atomic E-state index is 0.0396. The third-order valence-corrected chi connectivity index (χ3v) is 5.34. The van der Waals surface area contributed by atoms with Crippen LogP contribution >= 0.6 is 0 Å². The fraction of sp³-hybridized carbons (Fsp3) is 0.476. The van der Waals surface area contributed by atoms with E-state index >= 15 is 0 Å². The summed E-state index contributed by atoms with van der Waals surface area (Å²) < 4.78 is 0. The van der Waals surface area contributed by atoms with Crippen LogP contribution in [0.25, 0.3) is 10.9 Å². The Kier molecular flexibility index (Phi) is 7.96. The average molecular weight is 418 g/mol. The first kappa shape index (κ1) is 23.4. The van der Waals surface area contributed by atoms with Crippen LogP contribution in [0.1, 0.15) is 32.8 Å². The van der Waals surface area contributed by atoms with Crippen molar-refractivity contribution in [3.8, 4) is 0 Å². The van der Waals surface area contributed by atoms with Gasteiger partial charge in [-0.05, 0) is 24.5 Å². The van der Waals surface area contributed by atoms with Gasteiger partial charge in [0.05, 0.1) is 12.1 Å². The van der Waals surface area contributed by atoms with Gasteiger partial charge in [-0.1, -0.05) is 38.5 Å². The summed E-state index contributed by atoms with van der Waals surface area (Å²) >= 11 is 0. The van der Waals surface area contributed by atoms with Crippen molar-refractivity contribution < 1.29 is 24.6 Å². The molecule has 0 spiro atoms. The lowest BCUT2D eigenvalue weighted by molar-refractivity contribution is -0.142. The van der Waals surface area contributed by atoms with Crippen molar-refractivity contribution in [3.63, 3.8) is 0 Å². The molecule has 0 fully saturated rings. The molecule has 1 heterocycles. The van der Waals surface area contributed by atoms with Gasteiger partial charge in [0.15, 0.2) is 0 Å². The fourth-order valence-electron chi connectivity index (χ4n) is 3.15. The molecular weight excluding hydrogens is 388 g/mol. The summed E-state index contributed by atoms with van der Waals surface area (Å²) in [6.07, 6.45) is 1.18. The summed E-state index contributed by atoms with van der Waals surface area (Å²) in [5.74, 6) is -2.70. The molecule has 30 heavy (non-hydrogen) atoms. The predicted molar refractivity (Wildman–Crippen MR) is 113 cm³/mol. The van der Waals surface area contributed by atoms with E-state index in [1.54, 1.807) is 6.20 Å². The number of carboxylic acid groups (broad SMARTS) is 1. The van der Waals surface area contributed by atoms with Crippen molar-refractivity contribution in [2.75, 3.05) is 0 Å². The Hall–Kier alpha value is -2.91. The van der Waals surface area contributed by atoms with Crippen LogP contribution in [0.15, 0.2) is 30.5 Å². The van der Waals surface area contributed by atoms with Crippen molar-refractivity contribution in [3.05, 3.63) is 36.0 Å². The molecule has 5 atom stereocenters. The van der Waals surface area contributed by atoms with Crippen LogP contribution in [0.5, 0.6) is 0 Å². The molecule has 7 N–H and O–H groups in total. The minimum atomic E-state index is -1.32. The second kappa shape index (κ2) is 10.2. The fourth-order valence-corrected chi connectivity index (χ4v) is 3.15. The Labute approximate surface area is 175 Å². The van der Waals surface area contributed by atoms with Gasteiger partial charge >= 0.3 is 5.97 Å². The van der Waals surface area contributed by atoms with Crippen molar-refractivity contribution in [2.45, 2.75) is 57.8 Å². The summed E-state index contributed by atoms with van der Waals surface area (Å²) in [6, 6.07) is 4.03. The number of aromatic nitrogens is 1. The molecule has 0 saturated heterocycles. The summed E-state index contributed by atoms with van der Waals surface area (Å²) in [7, 11) is 0. The number of aliphatic carboxylic acids is 1. The second-order valence-corrected chi connectivity index (χ2v) is 7.60. The van der Waals surface area contributed by atoms with Gasteiger partial charge in [-0.3, -0.25) is 9.59 Å². The van der Waals surface area contributed by atoms with E-state index in [1.165, 1.54) is 6.92 Å². The van der Waals surface area contributed by atoms with Gasteiger partial charge in [0.2, 0.25) is 11.8 Å². The first-order valence-electron chi connectivity index (χ1n) is 9.97. The number of nitrogens with one attached hydrogen (secondary N) is 3. The summed E-state index contributed by atoms with van der Waals surface area (Å²) in [4.78, 5) is 39.8. The SMILES string of the molecule is CC[C@H](C)[C@H](N)C(=O)N[C@H](C(=O)N[C@@H](Cc1c[nH]c2ccccc12)C(=O)O)[C@@H](C)O. The number of hydrogen-bond donors (Lipinski definition) is 6. The third kappa shape index (κ3) is 5.58. The zero-order valence-electron chi connectivity index (χ0n) is 17.4. The zero-order chi connectivity index (χ0) is 22.4. The maximum atomic E-state index is 12.7. The number of para-hydroxylation sites is 1. The summed E-state index contributed by atoms with van der Waals surface area (Å²) in [5, 5.41) is 25.3. The van der Waals surface area contributed by atoms with E-state index in [0.29, 0.717) is 6.42 Å². The van der Waals surface area contributed by atoms with E-state index in [1.807, 2.05) is 38.1 Å². The Bertz CT molecular complexity index is 894. The highest BCUT2D eigenvalue weighted by Crippen LogP contribution is 2.19. The molecule has 1 aromatic heterocycles. The van der Waals surface area contributed by atoms with Crippen LogP contribution in [-0.4, -0.2) is 57.2 Å². The van der Waals surface area contributed by atoms with E-state index < -0.39 is 42.0 Å². The van der Waals surface area contributed by atoms with Gasteiger partial charge in [-0.25, -0.2) is 4.79 Å². The number of H-pyrrole nitrogens is 1. The smallest absolute Gasteiger partial charge is 0.326 e. The maximum Gasteiger partial charge on any atom is 0.326 e.